The standard InChI is InChI=1S/C17H27N3O3S2/c1-4-19-9-11-20(12-10-19)25(22,23)16-7-5-15(6-8-16)18-17(21)13-24-14(2)3/h5-8,14H,4,9-13H2,1-3H3,(H,18,21). The fourth-order valence-corrected chi connectivity index (χ4v) is 4.56. The molecule has 1 amide bonds. The highest BCUT2D eigenvalue weighted by atomic mass is 32.2. The first-order valence-corrected chi connectivity index (χ1v) is 11.1. The largest absolute Gasteiger partial charge is 0.325 e. The first kappa shape index (κ1) is 20.2. The number of amides is 1. The summed E-state index contributed by atoms with van der Waals surface area (Å²) in [6.45, 7) is 9.65. The summed E-state index contributed by atoms with van der Waals surface area (Å²) in [5.41, 5.74) is 0.615. The second kappa shape index (κ2) is 9.02. The molecule has 1 fully saturated rings. The molecule has 0 spiro atoms. The number of nitrogens with zero attached hydrogens (tertiary/aromatic N) is 2. The Hall–Kier alpha value is -1.09. The molecule has 2 rings (SSSR count). The molecule has 1 aromatic rings. The Morgan fingerprint density at radius 2 is 1.76 bits per heavy atom. The van der Waals surface area contributed by atoms with Gasteiger partial charge in [-0.3, -0.25) is 4.79 Å². The number of hydrogen-bond donors (Lipinski definition) is 1. The number of hydrogen-bond acceptors (Lipinski definition) is 5. The molecule has 0 bridgehead atoms. The maximum atomic E-state index is 12.7. The maximum Gasteiger partial charge on any atom is 0.243 e. The van der Waals surface area contributed by atoms with Crippen molar-refractivity contribution in [3.05, 3.63) is 24.3 Å². The van der Waals surface area contributed by atoms with E-state index in [1.54, 1.807) is 36.0 Å². The lowest BCUT2D eigenvalue weighted by molar-refractivity contribution is -0.113. The van der Waals surface area contributed by atoms with Crippen molar-refractivity contribution < 1.29 is 13.2 Å². The minimum Gasteiger partial charge on any atom is -0.325 e. The predicted octanol–water partition coefficient (Wildman–Crippen LogP) is 2.09. The molecular weight excluding hydrogens is 358 g/mol. The molecule has 0 radical (unpaired) electrons. The molecule has 0 saturated carbocycles. The summed E-state index contributed by atoms with van der Waals surface area (Å²) in [6, 6.07) is 6.42. The third kappa shape index (κ3) is 5.70. The molecule has 25 heavy (non-hydrogen) atoms. The van der Waals surface area contributed by atoms with E-state index in [0.717, 1.165) is 19.6 Å². The monoisotopic (exact) mass is 385 g/mol. The Labute approximate surface area is 155 Å². The maximum absolute atomic E-state index is 12.7. The summed E-state index contributed by atoms with van der Waals surface area (Å²) in [4.78, 5) is 14.3. The summed E-state index contributed by atoms with van der Waals surface area (Å²) in [5.74, 6) is 0.310. The molecule has 0 atom stereocenters. The van der Waals surface area contributed by atoms with Crippen molar-refractivity contribution in [2.45, 2.75) is 30.9 Å². The number of carbonyl (C=O) groups excluding carboxylic acids is 1. The van der Waals surface area contributed by atoms with Crippen molar-refractivity contribution in [2.75, 3.05) is 43.8 Å². The predicted molar refractivity (Wildman–Crippen MR) is 104 cm³/mol. The van der Waals surface area contributed by atoms with Gasteiger partial charge in [-0.25, -0.2) is 8.42 Å². The van der Waals surface area contributed by atoms with Gasteiger partial charge in [-0.15, -0.1) is 11.8 Å². The third-order valence-corrected chi connectivity index (χ3v) is 7.11. The summed E-state index contributed by atoms with van der Waals surface area (Å²) in [7, 11) is -3.47. The first-order valence-electron chi connectivity index (χ1n) is 8.57. The number of thioether (sulfide) groups is 1. The van der Waals surface area contributed by atoms with Crippen LogP contribution in [0.2, 0.25) is 0 Å². The van der Waals surface area contributed by atoms with Gasteiger partial charge in [0.2, 0.25) is 15.9 Å². The summed E-state index contributed by atoms with van der Waals surface area (Å²) in [5, 5.41) is 3.19. The molecule has 0 unspecified atom stereocenters. The van der Waals surface area contributed by atoms with Crippen LogP contribution in [0.4, 0.5) is 5.69 Å². The number of benzene rings is 1. The molecule has 1 saturated heterocycles. The molecule has 0 aromatic heterocycles. The van der Waals surface area contributed by atoms with Crippen LogP contribution in [0.25, 0.3) is 0 Å². The highest BCUT2D eigenvalue weighted by Gasteiger charge is 2.27. The van der Waals surface area contributed by atoms with Crippen LogP contribution >= 0.6 is 11.8 Å². The van der Waals surface area contributed by atoms with Gasteiger partial charge in [-0.1, -0.05) is 20.8 Å². The fraction of sp³-hybridized carbons (Fsp3) is 0.588. The number of nitrogens with one attached hydrogen (secondary N) is 1. The van der Waals surface area contributed by atoms with E-state index in [9.17, 15) is 13.2 Å². The SMILES string of the molecule is CCN1CCN(S(=O)(=O)c2ccc(NC(=O)CSC(C)C)cc2)CC1. The van der Waals surface area contributed by atoms with E-state index in [-0.39, 0.29) is 10.8 Å². The Bertz CT molecular complexity index is 667. The van der Waals surface area contributed by atoms with E-state index < -0.39 is 10.0 Å². The normalized spacial score (nSPS) is 17.0. The van der Waals surface area contributed by atoms with E-state index in [0.29, 0.717) is 29.8 Å². The molecule has 1 heterocycles. The molecule has 1 aliphatic heterocycles. The molecular formula is C17H27N3O3S2. The van der Waals surface area contributed by atoms with Crippen LogP contribution in [0.15, 0.2) is 29.2 Å². The average Bonchev–Trinajstić information content (AvgIpc) is 2.60. The summed E-state index contributed by atoms with van der Waals surface area (Å²) < 4.78 is 27.0. The molecule has 0 aliphatic carbocycles. The number of rotatable bonds is 7. The number of likely N-dealkylation sites (N-methyl/N-ethyl adjacent to an activating group) is 1. The Balaban J connectivity index is 1.98. The van der Waals surface area contributed by atoms with Crippen molar-refractivity contribution in [2.24, 2.45) is 0 Å². The van der Waals surface area contributed by atoms with Crippen molar-refractivity contribution in [3.63, 3.8) is 0 Å². The lowest BCUT2D eigenvalue weighted by atomic mass is 10.3. The van der Waals surface area contributed by atoms with Crippen LogP contribution < -0.4 is 5.32 Å². The zero-order valence-corrected chi connectivity index (χ0v) is 16.7. The number of piperazine rings is 1. The second-order valence-corrected chi connectivity index (χ2v) is 9.77. The van der Waals surface area contributed by atoms with Crippen LogP contribution in [0.1, 0.15) is 20.8 Å². The van der Waals surface area contributed by atoms with Crippen molar-refractivity contribution in [3.8, 4) is 0 Å². The van der Waals surface area contributed by atoms with Gasteiger partial charge in [0.25, 0.3) is 0 Å². The zero-order valence-electron chi connectivity index (χ0n) is 15.1. The third-order valence-electron chi connectivity index (χ3n) is 4.10. The summed E-state index contributed by atoms with van der Waals surface area (Å²) >= 11 is 1.57. The average molecular weight is 386 g/mol. The topological polar surface area (TPSA) is 69.7 Å². The van der Waals surface area contributed by atoms with Crippen LogP contribution in [0.3, 0.4) is 0 Å². The van der Waals surface area contributed by atoms with Crippen LogP contribution in [0.5, 0.6) is 0 Å². The first-order chi connectivity index (χ1) is 11.8. The minimum atomic E-state index is -3.47. The molecule has 8 heteroatoms. The number of carbonyl (C=O) groups is 1. The van der Waals surface area contributed by atoms with Gasteiger partial charge in [-0.05, 0) is 36.1 Å². The molecule has 6 nitrogen and oxygen atoms in total. The van der Waals surface area contributed by atoms with Gasteiger partial charge in [0.1, 0.15) is 0 Å². The zero-order chi connectivity index (χ0) is 18.4. The molecule has 1 aromatic carbocycles. The van der Waals surface area contributed by atoms with Crippen LogP contribution in [0, 0.1) is 0 Å². The van der Waals surface area contributed by atoms with E-state index in [4.69, 9.17) is 0 Å². The van der Waals surface area contributed by atoms with E-state index in [1.807, 2.05) is 13.8 Å². The van der Waals surface area contributed by atoms with Gasteiger partial charge >= 0.3 is 0 Å². The quantitative estimate of drug-likeness (QED) is 0.778. The Morgan fingerprint density at radius 1 is 1.16 bits per heavy atom. The Morgan fingerprint density at radius 3 is 2.28 bits per heavy atom. The highest BCUT2D eigenvalue weighted by Crippen LogP contribution is 2.20. The van der Waals surface area contributed by atoms with Crippen molar-refractivity contribution in [1.29, 1.82) is 0 Å². The van der Waals surface area contributed by atoms with Crippen LogP contribution in [-0.4, -0.2) is 67.3 Å². The highest BCUT2D eigenvalue weighted by molar-refractivity contribution is 8.00. The molecule has 140 valence electrons. The van der Waals surface area contributed by atoms with Gasteiger partial charge in [0.15, 0.2) is 0 Å². The molecule has 1 N–H and O–H groups in total. The van der Waals surface area contributed by atoms with Gasteiger partial charge in [0.05, 0.1) is 10.6 Å². The van der Waals surface area contributed by atoms with E-state index in [1.165, 1.54) is 4.31 Å². The Kier molecular flexibility index (Phi) is 7.30. The fourth-order valence-electron chi connectivity index (χ4n) is 2.58. The lowest BCUT2D eigenvalue weighted by Gasteiger charge is -2.33. The van der Waals surface area contributed by atoms with Gasteiger partial charge < -0.3 is 10.2 Å². The molecule has 1 aliphatic rings. The second-order valence-electron chi connectivity index (χ2n) is 6.27. The minimum absolute atomic E-state index is 0.0787. The van der Waals surface area contributed by atoms with Crippen molar-refractivity contribution in [1.82, 2.24) is 9.21 Å². The van der Waals surface area contributed by atoms with Gasteiger partial charge in [0, 0.05) is 31.9 Å². The summed E-state index contributed by atoms with van der Waals surface area (Å²) in [6.07, 6.45) is 0. The van der Waals surface area contributed by atoms with Crippen molar-refractivity contribution >= 4 is 33.4 Å². The smallest absolute Gasteiger partial charge is 0.243 e. The number of sulfonamides is 1. The van der Waals surface area contributed by atoms with E-state index >= 15 is 0 Å². The van der Waals surface area contributed by atoms with Crippen LogP contribution in [-0.2, 0) is 14.8 Å². The van der Waals surface area contributed by atoms with E-state index in [2.05, 4.69) is 17.1 Å². The number of anilines is 1. The van der Waals surface area contributed by atoms with Gasteiger partial charge in [-0.2, -0.15) is 4.31 Å². The lowest BCUT2D eigenvalue weighted by Crippen LogP contribution is -2.48.